The molecule has 0 spiro atoms. The first-order valence-electron chi connectivity index (χ1n) is 5.87. The normalized spacial score (nSPS) is 11.7. The Morgan fingerprint density at radius 3 is 2.14 bits per heavy atom. The fourth-order valence-electron chi connectivity index (χ4n) is 1.56. The van der Waals surface area contributed by atoms with E-state index in [4.69, 9.17) is 11.6 Å². The van der Waals surface area contributed by atoms with Crippen LogP contribution in [0, 0.1) is 0 Å². The minimum absolute atomic E-state index is 0.0896. The second-order valence-corrected chi connectivity index (χ2v) is 7.36. The SMILES string of the molecule is O=C(C=CS(=O)(=O)c1ccc(Cl)cc1)c1ccc(Br)cc1. The summed E-state index contributed by atoms with van der Waals surface area (Å²) in [5.74, 6) is -0.375. The van der Waals surface area contributed by atoms with Crippen LogP contribution in [0.15, 0.2) is 69.4 Å². The molecule has 6 heteroatoms. The van der Waals surface area contributed by atoms with Crippen LogP contribution in [0.5, 0.6) is 0 Å². The molecule has 0 saturated heterocycles. The summed E-state index contributed by atoms with van der Waals surface area (Å²) in [6.07, 6.45) is 1.05. The van der Waals surface area contributed by atoms with Gasteiger partial charge >= 0.3 is 0 Å². The summed E-state index contributed by atoms with van der Waals surface area (Å²) in [6, 6.07) is 12.4. The minimum Gasteiger partial charge on any atom is -0.289 e. The number of hydrogen-bond acceptors (Lipinski definition) is 3. The molecule has 0 fully saturated rings. The van der Waals surface area contributed by atoms with E-state index in [2.05, 4.69) is 15.9 Å². The Bertz CT molecular complexity index is 779. The van der Waals surface area contributed by atoms with E-state index in [1.165, 1.54) is 24.3 Å². The van der Waals surface area contributed by atoms with Gasteiger partial charge in [0.05, 0.1) is 4.90 Å². The molecule has 0 radical (unpaired) electrons. The van der Waals surface area contributed by atoms with Gasteiger partial charge in [0.2, 0.25) is 0 Å². The van der Waals surface area contributed by atoms with Crippen molar-refractivity contribution in [3.05, 3.63) is 75.1 Å². The van der Waals surface area contributed by atoms with Gasteiger partial charge < -0.3 is 0 Å². The van der Waals surface area contributed by atoms with Gasteiger partial charge in [-0.25, -0.2) is 8.42 Å². The number of benzene rings is 2. The molecule has 21 heavy (non-hydrogen) atoms. The molecular weight excluding hydrogens is 376 g/mol. The lowest BCUT2D eigenvalue weighted by Crippen LogP contribution is -1.99. The topological polar surface area (TPSA) is 51.2 Å². The number of sulfone groups is 1. The van der Waals surface area contributed by atoms with Gasteiger partial charge in [-0.1, -0.05) is 27.5 Å². The maximum Gasteiger partial charge on any atom is 0.199 e. The van der Waals surface area contributed by atoms with E-state index in [-0.39, 0.29) is 10.7 Å². The number of hydrogen-bond donors (Lipinski definition) is 0. The van der Waals surface area contributed by atoms with Crippen LogP contribution in [-0.2, 0) is 9.84 Å². The van der Waals surface area contributed by atoms with Gasteiger partial charge in [0.1, 0.15) is 0 Å². The maximum absolute atomic E-state index is 12.0. The summed E-state index contributed by atoms with van der Waals surface area (Å²) in [7, 11) is -3.66. The summed E-state index contributed by atoms with van der Waals surface area (Å²) in [4.78, 5) is 12.0. The van der Waals surface area contributed by atoms with Gasteiger partial charge in [-0.2, -0.15) is 0 Å². The quantitative estimate of drug-likeness (QED) is 0.583. The summed E-state index contributed by atoms with van der Waals surface area (Å²) >= 11 is 8.98. The lowest BCUT2D eigenvalue weighted by atomic mass is 10.1. The zero-order valence-electron chi connectivity index (χ0n) is 10.7. The summed E-state index contributed by atoms with van der Waals surface area (Å²) in [6.45, 7) is 0. The zero-order chi connectivity index (χ0) is 15.5. The highest BCUT2D eigenvalue weighted by Crippen LogP contribution is 2.17. The average Bonchev–Trinajstić information content (AvgIpc) is 2.46. The van der Waals surface area contributed by atoms with Crippen molar-refractivity contribution in [3.63, 3.8) is 0 Å². The lowest BCUT2D eigenvalue weighted by molar-refractivity contribution is 0.104. The number of halogens is 2. The molecule has 0 atom stereocenters. The first-order valence-corrected chi connectivity index (χ1v) is 8.59. The van der Waals surface area contributed by atoms with Crippen molar-refractivity contribution in [2.75, 3.05) is 0 Å². The zero-order valence-corrected chi connectivity index (χ0v) is 13.8. The van der Waals surface area contributed by atoms with Gasteiger partial charge in [-0.3, -0.25) is 4.79 Å². The van der Waals surface area contributed by atoms with Crippen molar-refractivity contribution < 1.29 is 13.2 Å². The number of rotatable bonds is 4. The van der Waals surface area contributed by atoms with Crippen molar-refractivity contribution in [2.45, 2.75) is 4.90 Å². The van der Waals surface area contributed by atoms with Gasteiger partial charge in [0, 0.05) is 20.5 Å². The predicted octanol–water partition coefficient (Wildman–Crippen LogP) is 4.27. The smallest absolute Gasteiger partial charge is 0.199 e. The molecule has 2 rings (SSSR count). The Balaban J connectivity index is 2.21. The van der Waals surface area contributed by atoms with Crippen LogP contribution in [-0.4, -0.2) is 14.2 Å². The monoisotopic (exact) mass is 384 g/mol. The van der Waals surface area contributed by atoms with E-state index in [0.717, 1.165) is 16.0 Å². The van der Waals surface area contributed by atoms with Crippen molar-refractivity contribution in [3.8, 4) is 0 Å². The number of carbonyl (C=O) groups is 1. The van der Waals surface area contributed by atoms with E-state index in [1.54, 1.807) is 24.3 Å². The molecule has 0 aromatic heterocycles. The molecule has 0 N–H and O–H groups in total. The Morgan fingerprint density at radius 2 is 1.57 bits per heavy atom. The first-order chi connectivity index (χ1) is 9.88. The molecule has 2 aromatic carbocycles. The Kier molecular flexibility index (Phi) is 4.98. The van der Waals surface area contributed by atoms with Crippen molar-refractivity contribution in [1.82, 2.24) is 0 Å². The second-order valence-electron chi connectivity index (χ2n) is 4.17. The second kappa shape index (κ2) is 6.56. The first kappa shape index (κ1) is 15.9. The Morgan fingerprint density at radius 1 is 1.00 bits per heavy atom. The van der Waals surface area contributed by atoms with Crippen LogP contribution in [0.2, 0.25) is 5.02 Å². The standard InChI is InChI=1S/C15H10BrClO3S/c16-12-3-1-11(2-4-12)15(18)9-10-21(19,20)14-7-5-13(17)6-8-14/h1-10H. The van der Waals surface area contributed by atoms with Gasteiger partial charge in [0.15, 0.2) is 15.6 Å². The molecule has 0 saturated carbocycles. The highest BCUT2D eigenvalue weighted by molar-refractivity contribution is 9.10. The van der Waals surface area contributed by atoms with E-state index in [1.807, 2.05) is 0 Å². The molecule has 3 nitrogen and oxygen atoms in total. The van der Waals surface area contributed by atoms with E-state index in [9.17, 15) is 13.2 Å². The third-order valence-corrected chi connectivity index (χ3v) is 4.87. The third kappa shape index (κ3) is 4.27. The summed E-state index contributed by atoms with van der Waals surface area (Å²) in [5.41, 5.74) is 0.417. The number of allylic oxidation sites excluding steroid dienone is 1. The summed E-state index contributed by atoms with van der Waals surface area (Å²) in [5, 5.41) is 1.35. The fraction of sp³-hybridized carbons (Fsp3) is 0. The Labute approximate surface area is 136 Å². The van der Waals surface area contributed by atoms with Gasteiger partial charge in [0.25, 0.3) is 0 Å². The largest absolute Gasteiger partial charge is 0.289 e. The van der Waals surface area contributed by atoms with Gasteiger partial charge in [-0.15, -0.1) is 0 Å². The van der Waals surface area contributed by atoms with Crippen molar-refractivity contribution in [2.24, 2.45) is 0 Å². The molecule has 0 aliphatic rings. The van der Waals surface area contributed by atoms with Crippen LogP contribution in [0.25, 0.3) is 0 Å². The highest BCUT2D eigenvalue weighted by Gasteiger charge is 2.11. The molecule has 0 aliphatic heterocycles. The van der Waals surface area contributed by atoms with E-state index >= 15 is 0 Å². The van der Waals surface area contributed by atoms with Crippen molar-refractivity contribution >= 4 is 43.2 Å². The van der Waals surface area contributed by atoms with Crippen LogP contribution in [0.1, 0.15) is 10.4 Å². The van der Waals surface area contributed by atoms with Crippen LogP contribution >= 0.6 is 27.5 Å². The van der Waals surface area contributed by atoms with Crippen LogP contribution in [0.4, 0.5) is 0 Å². The molecule has 0 bridgehead atoms. The molecule has 0 amide bonds. The molecule has 0 heterocycles. The Hall–Kier alpha value is -1.43. The molecule has 108 valence electrons. The van der Waals surface area contributed by atoms with Crippen LogP contribution < -0.4 is 0 Å². The molecule has 2 aromatic rings. The average molecular weight is 386 g/mol. The fourth-order valence-corrected chi connectivity index (χ4v) is 2.93. The highest BCUT2D eigenvalue weighted by atomic mass is 79.9. The van der Waals surface area contributed by atoms with Crippen LogP contribution in [0.3, 0.4) is 0 Å². The third-order valence-electron chi connectivity index (χ3n) is 2.67. The number of carbonyl (C=O) groups excluding carboxylic acids is 1. The van der Waals surface area contributed by atoms with Crippen molar-refractivity contribution in [1.29, 1.82) is 0 Å². The van der Waals surface area contributed by atoms with E-state index in [0.29, 0.717) is 10.6 Å². The minimum atomic E-state index is -3.66. The molecule has 0 unspecified atom stereocenters. The number of ketones is 1. The molecular formula is C15H10BrClO3S. The lowest BCUT2D eigenvalue weighted by Gasteiger charge is -1.99. The van der Waals surface area contributed by atoms with E-state index < -0.39 is 9.84 Å². The predicted molar refractivity (Wildman–Crippen MR) is 86.3 cm³/mol. The summed E-state index contributed by atoms with van der Waals surface area (Å²) < 4.78 is 24.9. The molecule has 0 aliphatic carbocycles. The van der Waals surface area contributed by atoms with Gasteiger partial charge in [-0.05, 0) is 54.6 Å². The maximum atomic E-state index is 12.0.